The van der Waals surface area contributed by atoms with Crippen molar-refractivity contribution < 1.29 is 19.3 Å². The first-order valence-electron chi connectivity index (χ1n) is 8.70. The highest BCUT2D eigenvalue weighted by Crippen LogP contribution is 2.31. The minimum absolute atomic E-state index is 0.0132. The number of nitrogens with zero attached hydrogens (tertiary/aromatic N) is 2. The van der Waals surface area contributed by atoms with Gasteiger partial charge in [0.1, 0.15) is 5.56 Å². The largest absolute Gasteiger partial charge is 0.350 e. The van der Waals surface area contributed by atoms with Crippen LogP contribution in [-0.2, 0) is 4.79 Å². The summed E-state index contributed by atoms with van der Waals surface area (Å²) >= 11 is 0.839. The van der Waals surface area contributed by atoms with E-state index < -0.39 is 22.0 Å². The number of hydrogen-bond acceptors (Lipinski definition) is 6. The summed E-state index contributed by atoms with van der Waals surface area (Å²) in [6.07, 6.45) is 1.65. The van der Waals surface area contributed by atoms with E-state index >= 15 is 0 Å². The number of rotatable bonds is 6. The fourth-order valence-corrected chi connectivity index (χ4v) is 3.57. The van der Waals surface area contributed by atoms with Crippen LogP contribution in [0.2, 0.25) is 0 Å². The number of aryl methyl sites for hydroxylation is 1. The molecule has 3 rings (SSSR count). The molecular weight excluding hydrogens is 394 g/mol. The molecule has 9 heteroatoms. The fraction of sp³-hybridized carbons (Fsp3) is 0.150. The Kier molecular flexibility index (Phi) is 6.08. The molecule has 1 aliphatic heterocycles. The second kappa shape index (κ2) is 8.70. The van der Waals surface area contributed by atoms with Gasteiger partial charge in [-0.25, -0.2) is 0 Å². The van der Waals surface area contributed by atoms with E-state index in [0.717, 1.165) is 27.8 Å². The third kappa shape index (κ3) is 4.69. The summed E-state index contributed by atoms with van der Waals surface area (Å²) in [6, 6.07) is 13.1. The second-order valence-corrected chi connectivity index (χ2v) is 7.27. The van der Waals surface area contributed by atoms with Crippen LogP contribution in [0.3, 0.4) is 0 Å². The van der Waals surface area contributed by atoms with Gasteiger partial charge in [0.05, 0.1) is 9.83 Å². The van der Waals surface area contributed by atoms with Gasteiger partial charge in [-0.15, -0.1) is 0 Å². The molecule has 148 valence electrons. The predicted octanol–water partition coefficient (Wildman–Crippen LogP) is 3.37. The minimum atomic E-state index is -0.639. The molecular formula is C20H17N3O5S. The van der Waals surface area contributed by atoms with Crippen molar-refractivity contribution in [3.8, 4) is 0 Å². The van der Waals surface area contributed by atoms with Gasteiger partial charge in [-0.2, -0.15) is 0 Å². The molecule has 0 bridgehead atoms. The quantitative estimate of drug-likeness (QED) is 0.443. The van der Waals surface area contributed by atoms with Crippen LogP contribution >= 0.6 is 11.8 Å². The van der Waals surface area contributed by atoms with Gasteiger partial charge >= 0.3 is 0 Å². The summed E-state index contributed by atoms with van der Waals surface area (Å²) in [7, 11) is 0. The van der Waals surface area contributed by atoms with E-state index in [4.69, 9.17) is 0 Å². The van der Waals surface area contributed by atoms with Crippen molar-refractivity contribution in [1.29, 1.82) is 0 Å². The van der Waals surface area contributed by atoms with Crippen molar-refractivity contribution in [2.45, 2.75) is 6.92 Å². The van der Waals surface area contributed by atoms with Crippen molar-refractivity contribution in [3.05, 3.63) is 80.2 Å². The molecule has 0 atom stereocenters. The maximum atomic E-state index is 12.5. The molecule has 8 nitrogen and oxygen atoms in total. The van der Waals surface area contributed by atoms with Crippen molar-refractivity contribution in [2.24, 2.45) is 0 Å². The molecule has 1 heterocycles. The summed E-state index contributed by atoms with van der Waals surface area (Å²) in [5.41, 5.74) is 1.51. The summed E-state index contributed by atoms with van der Waals surface area (Å²) in [5.74, 6) is -1.07. The Balaban J connectivity index is 1.62. The van der Waals surface area contributed by atoms with E-state index in [0.29, 0.717) is 4.91 Å². The average Bonchev–Trinajstić information content (AvgIpc) is 2.97. The normalized spacial score (nSPS) is 15.1. The number of benzene rings is 2. The highest BCUT2D eigenvalue weighted by Gasteiger charge is 2.34. The molecule has 0 aromatic heterocycles. The molecule has 1 N–H and O–H groups in total. The monoisotopic (exact) mass is 411 g/mol. The number of hydrogen-bond donors (Lipinski definition) is 1. The molecule has 0 aliphatic carbocycles. The number of amides is 3. The third-order valence-corrected chi connectivity index (χ3v) is 5.12. The number of nitro benzene ring substituents is 1. The minimum Gasteiger partial charge on any atom is -0.350 e. The Labute approximate surface area is 170 Å². The summed E-state index contributed by atoms with van der Waals surface area (Å²) in [6.45, 7) is 1.92. The Morgan fingerprint density at radius 1 is 1.17 bits per heavy atom. The van der Waals surface area contributed by atoms with Crippen molar-refractivity contribution in [3.63, 3.8) is 0 Å². The van der Waals surface area contributed by atoms with E-state index in [9.17, 15) is 24.5 Å². The Morgan fingerprint density at radius 2 is 1.86 bits per heavy atom. The van der Waals surface area contributed by atoms with E-state index in [1.54, 1.807) is 6.08 Å². The number of para-hydroxylation sites is 1. The van der Waals surface area contributed by atoms with E-state index in [1.807, 2.05) is 31.2 Å². The average molecular weight is 411 g/mol. The molecule has 3 amide bonds. The molecule has 0 saturated carbocycles. The van der Waals surface area contributed by atoms with Crippen LogP contribution < -0.4 is 5.32 Å². The smallest absolute Gasteiger partial charge is 0.293 e. The predicted molar refractivity (Wildman–Crippen MR) is 109 cm³/mol. The van der Waals surface area contributed by atoms with Crippen LogP contribution in [0.5, 0.6) is 0 Å². The van der Waals surface area contributed by atoms with Crippen LogP contribution in [0.25, 0.3) is 6.08 Å². The van der Waals surface area contributed by atoms with Gasteiger partial charge in [-0.1, -0.05) is 42.0 Å². The summed E-state index contributed by atoms with van der Waals surface area (Å²) in [4.78, 5) is 48.6. The van der Waals surface area contributed by atoms with Gasteiger partial charge in [-0.05, 0) is 36.4 Å². The van der Waals surface area contributed by atoms with Gasteiger partial charge in [0.2, 0.25) is 0 Å². The van der Waals surface area contributed by atoms with Crippen molar-refractivity contribution >= 4 is 40.6 Å². The zero-order chi connectivity index (χ0) is 21.0. The molecule has 0 spiro atoms. The standard InChI is InChI=1S/C20H17N3O5S/c1-13-6-8-14(9-7-13)12-17-19(25)22(20(26)29-17)11-10-21-18(24)15-4-2-3-5-16(15)23(27)28/h2-9,12H,10-11H2,1H3,(H,21,24). The number of imide groups is 1. The number of nitrogens with one attached hydrogen (secondary N) is 1. The first-order valence-corrected chi connectivity index (χ1v) is 9.52. The Bertz CT molecular complexity index is 1020. The number of thioether (sulfide) groups is 1. The Hall–Kier alpha value is -3.46. The molecule has 0 radical (unpaired) electrons. The lowest BCUT2D eigenvalue weighted by molar-refractivity contribution is -0.385. The van der Waals surface area contributed by atoms with Crippen LogP contribution in [0, 0.1) is 17.0 Å². The van der Waals surface area contributed by atoms with E-state index in [1.165, 1.54) is 24.3 Å². The van der Waals surface area contributed by atoms with Gasteiger partial charge in [0.25, 0.3) is 22.7 Å². The summed E-state index contributed by atoms with van der Waals surface area (Å²) < 4.78 is 0. The topological polar surface area (TPSA) is 110 Å². The van der Waals surface area contributed by atoms with Crippen molar-refractivity contribution in [2.75, 3.05) is 13.1 Å². The van der Waals surface area contributed by atoms with Gasteiger partial charge in [0.15, 0.2) is 0 Å². The highest BCUT2D eigenvalue weighted by atomic mass is 32.2. The lowest BCUT2D eigenvalue weighted by Gasteiger charge is -2.13. The number of carbonyl (C=O) groups excluding carboxylic acids is 3. The molecule has 1 aliphatic rings. The van der Waals surface area contributed by atoms with E-state index in [-0.39, 0.29) is 24.3 Å². The molecule has 29 heavy (non-hydrogen) atoms. The molecule has 0 unspecified atom stereocenters. The van der Waals surface area contributed by atoms with Gasteiger partial charge in [-0.3, -0.25) is 29.4 Å². The SMILES string of the molecule is Cc1ccc(C=C2SC(=O)N(CCNC(=O)c3ccccc3[N+](=O)[O-])C2=O)cc1. The molecule has 1 saturated heterocycles. The van der Waals surface area contributed by atoms with Crippen LogP contribution in [0.15, 0.2) is 53.4 Å². The maximum absolute atomic E-state index is 12.5. The van der Waals surface area contributed by atoms with Gasteiger partial charge < -0.3 is 5.32 Å². The van der Waals surface area contributed by atoms with Crippen LogP contribution in [-0.4, -0.2) is 40.0 Å². The zero-order valence-electron chi connectivity index (χ0n) is 15.5. The molecule has 1 fully saturated rings. The first-order chi connectivity index (χ1) is 13.9. The second-order valence-electron chi connectivity index (χ2n) is 6.27. The Morgan fingerprint density at radius 3 is 2.55 bits per heavy atom. The molecule has 2 aromatic rings. The zero-order valence-corrected chi connectivity index (χ0v) is 16.3. The number of carbonyl (C=O) groups is 3. The fourth-order valence-electron chi connectivity index (χ4n) is 2.71. The molecule has 2 aromatic carbocycles. The summed E-state index contributed by atoms with van der Waals surface area (Å²) in [5, 5.41) is 13.1. The van der Waals surface area contributed by atoms with Gasteiger partial charge in [0, 0.05) is 19.2 Å². The van der Waals surface area contributed by atoms with Crippen LogP contribution in [0.1, 0.15) is 21.5 Å². The van der Waals surface area contributed by atoms with E-state index in [2.05, 4.69) is 5.32 Å². The lowest BCUT2D eigenvalue weighted by Crippen LogP contribution is -2.37. The first kappa shape index (κ1) is 20.3. The number of nitro groups is 1. The maximum Gasteiger partial charge on any atom is 0.293 e. The lowest BCUT2D eigenvalue weighted by atomic mass is 10.1. The third-order valence-electron chi connectivity index (χ3n) is 4.22. The highest BCUT2D eigenvalue weighted by molar-refractivity contribution is 8.18. The van der Waals surface area contributed by atoms with Crippen LogP contribution in [0.4, 0.5) is 10.5 Å². The van der Waals surface area contributed by atoms with Crippen molar-refractivity contribution in [1.82, 2.24) is 10.2 Å².